The van der Waals surface area contributed by atoms with Crippen LogP contribution < -0.4 is 0 Å². The molecule has 138 valence electrons. The van der Waals surface area contributed by atoms with Crippen LogP contribution in [0.25, 0.3) is 11.3 Å². The number of hydrogen-bond donors (Lipinski definition) is 1. The van der Waals surface area contributed by atoms with Gasteiger partial charge in [0.25, 0.3) is 5.91 Å². The summed E-state index contributed by atoms with van der Waals surface area (Å²) >= 11 is 8.23. The monoisotopic (exact) mass is 397 g/mol. The summed E-state index contributed by atoms with van der Waals surface area (Å²) < 4.78 is 0. The smallest absolute Gasteiger partial charge is 0.271 e. The number of rotatable bonds is 3. The Morgan fingerprint density at radius 3 is 2.70 bits per heavy atom. The Labute approximate surface area is 167 Å². The van der Waals surface area contributed by atoms with Crippen molar-refractivity contribution >= 4 is 29.3 Å². The van der Waals surface area contributed by atoms with Crippen molar-refractivity contribution in [2.45, 2.75) is 11.7 Å². The summed E-state index contributed by atoms with van der Waals surface area (Å²) in [5.74, 6) is 0.895. The zero-order valence-electron chi connectivity index (χ0n) is 14.8. The second-order valence-corrected chi connectivity index (χ2v) is 8.21. The number of thioether (sulfide) groups is 1. The number of hydrogen-bond acceptors (Lipinski definition) is 3. The lowest BCUT2D eigenvalue weighted by Gasteiger charge is -2.19. The normalized spacial score (nSPS) is 17.5. The summed E-state index contributed by atoms with van der Waals surface area (Å²) in [7, 11) is 0. The number of aromatic amines is 1. The van der Waals surface area contributed by atoms with Gasteiger partial charge in [0.1, 0.15) is 5.69 Å². The minimum atomic E-state index is 0.00471. The van der Waals surface area contributed by atoms with E-state index >= 15 is 0 Å². The number of nitrogens with one attached hydrogen (secondary N) is 1. The molecule has 0 aliphatic carbocycles. The molecule has 6 heteroatoms. The fourth-order valence-electron chi connectivity index (χ4n) is 3.32. The molecule has 2 aromatic carbocycles. The molecule has 0 bridgehead atoms. The summed E-state index contributed by atoms with van der Waals surface area (Å²) in [6, 6.07) is 19.7. The fourth-order valence-corrected chi connectivity index (χ4v) is 4.92. The summed E-state index contributed by atoms with van der Waals surface area (Å²) in [5.41, 5.74) is 3.48. The Morgan fingerprint density at radius 1 is 1.11 bits per heavy atom. The Hall–Kier alpha value is -2.24. The van der Waals surface area contributed by atoms with E-state index in [1.165, 1.54) is 0 Å². The van der Waals surface area contributed by atoms with Crippen molar-refractivity contribution in [2.75, 3.05) is 18.8 Å². The van der Waals surface area contributed by atoms with E-state index in [1.54, 1.807) is 0 Å². The highest BCUT2D eigenvalue weighted by atomic mass is 35.5. The molecule has 1 N–H and O–H groups in total. The van der Waals surface area contributed by atoms with Crippen molar-refractivity contribution in [1.29, 1.82) is 0 Å². The maximum Gasteiger partial charge on any atom is 0.271 e. The first-order valence-corrected chi connectivity index (χ1v) is 10.4. The Morgan fingerprint density at radius 2 is 1.89 bits per heavy atom. The van der Waals surface area contributed by atoms with Crippen molar-refractivity contribution in [3.63, 3.8) is 0 Å². The SMILES string of the molecule is O=C(c1cc(-c2ccccc2)n[nH]1)N1CCSC(c2ccccc2Cl)CC1. The first-order chi connectivity index (χ1) is 13.2. The lowest BCUT2D eigenvalue weighted by molar-refractivity contribution is 0.0760. The molecule has 1 aliphatic rings. The van der Waals surface area contributed by atoms with Gasteiger partial charge in [0.15, 0.2) is 0 Å². The molecule has 4 nitrogen and oxygen atoms in total. The van der Waals surface area contributed by atoms with Gasteiger partial charge in [-0.05, 0) is 24.1 Å². The van der Waals surface area contributed by atoms with E-state index in [9.17, 15) is 4.79 Å². The van der Waals surface area contributed by atoms with Crippen LogP contribution in [0.2, 0.25) is 5.02 Å². The van der Waals surface area contributed by atoms with Gasteiger partial charge in [-0.15, -0.1) is 0 Å². The third-order valence-electron chi connectivity index (χ3n) is 4.76. The fraction of sp³-hybridized carbons (Fsp3) is 0.238. The average Bonchev–Trinajstić information content (AvgIpc) is 3.07. The molecule has 1 amide bonds. The second kappa shape index (κ2) is 8.19. The minimum absolute atomic E-state index is 0.00471. The van der Waals surface area contributed by atoms with E-state index in [0.717, 1.165) is 40.6 Å². The number of carbonyl (C=O) groups is 1. The highest BCUT2D eigenvalue weighted by Crippen LogP contribution is 2.38. The highest BCUT2D eigenvalue weighted by molar-refractivity contribution is 7.99. The number of halogens is 1. The molecule has 1 saturated heterocycles. The maximum absolute atomic E-state index is 12.9. The van der Waals surface area contributed by atoms with E-state index in [4.69, 9.17) is 11.6 Å². The molecule has 1 aliphatic heterocycles. The van der Waals surface area contributed by atoms with E-state index in [1.807, 2.05) is 71.3 Å². The van der Waals surface area contributed by atoms with Crippen molar-refractivity contribution in [2.24, 2.45) is 0 Å². The van der Waals surface area contributed by atoms with Crippen molar-refractivity contribution in [3.05, 3.63) is 76.9 Å². The van der Waals surface area contributed by atoms with Gasteiger partial charge in [0.2, 0.25) is 0 Å². The van der Waals surface area contributed by atoms with Gasteiger partial charge in [0.05, 0.1) is 5.69 Å². The number of amides is 1. The Bertz CT molecular complexity index is 928. The van der Waals surface area contributed by atoms with Crippen LogP contribution in [-0.4, -0.2) is 39.8 Å². The Kier molecular flexibility index (Phi) is 5.50. The first-order valence-electron chi connectivity index (χ1n) is 8.98. The average molecular weight is 398 g/mol. The van der Waals surface area contributed by atoms with E-state index < -0.39 is 0 Å². The molecular formula is C21H20ClN3OS. The number of nitrogens with zero attached hydrogens (tertiary/aromatic N) is 2. The molecule has 0 spiro atoms. The zero-order chi connectivity index (χ0) is 18.6. The summed E-state index contributed by atoms with van der Waals surface area (Å²) in [6.07, 6.45) is 0.889. The lowest BCUT2D eigenvalue weighted by Crippen LogP contribution is -2.33. The molecule has 27 heavy (non-hydrogen) atoms. The largest absolute Gasteiger partial charge is 0.336 e. The number of aromatic nitrogens is 2. The Balaban J connectivity index is 1.46. The van der Waals surface area contributed by atoms with Crippen LogP contribution in [0.15, 0.2) is 60.7 Å². The van der Waals surface area contributed by atoms with Crippen LogP contribution in [0.4, 0.5) is 0 Å². The predicted octanol–water partition coefficient (Wildman–Crippen LogP) is 5.05. The van der Waals surface area contributed by atoms with Crippen LogP contribution in [0.1, 0.15) is 27.7 Å². The molecule has 3 aromatic rings. The predicted molar refractivity (Wildman–Crippen MR) is 111 cm³/mol. The van der Waals surface area contributed by atoms with Crippen molar-refractivity contribution in [1.82, 2.24) is 15.1 Å². The molecule has 2 heterocycles. The maximum atomic E-state index is 12.9. The van der Waals surface area contributed by atoms with Crippen LogP contribution in [0, 0.1) is 0 Å². The van der Waals surface area contributed by atoms with E-state index in [0.29, 0.717) is 17.5 Å². The molecule has 1 aromatic heterocycles. The number of H-pyrrole nitrogens is 1. The van der Waals surface area contributed by atoms with Crippen LogP contribution >= 0.6 is 23.4 Å². The third-order valence-corrected chi connectivity index (χ3v) is 6.41. The first kappa shape index (κ1) is 18.1. The van der Waals surface area contributed by atoms with Crippen LogP contribution in [0.3, 0.4) is 0 Å². The van der Waals surface area contributed by atoms with Gasteiger partial charge in [-0.1, -0.05) is 60.1 Å². The standard InChI is InChI=1S/C21H20ClN3OS/c22-17-9-5-4-8-16(17)20-10-11-25(12-13-27-20)21(26)19-14-18(23-24-19)15-6-2-1-3-7-15/h1-9,14,20H,10-13H2,(H,23,24). The number of benzene rings is 2. The zero-order valence-corrected chi connectivity index (χ0v) is 16.3. The van der Waals surface area contributed by atoms with Crippen molar-refractivity contribution in [3.8, 4) is 11.3 Å². The van der Waals surface area contributed by atoms with Gasteiger partial charge >= 0.3 is 0 Å². The topological polar surface area (TPSA) is 49.0 Å². The summed E-state index contributed by atoms with van der Waals surface area (Å²) in [6.45, 7) is 1.44. The van der Waals surface area contributed by atoms with Gasteiger partial charge < -0.3 is 4.90 Å². The molecule has 0 radical (unpaired) electrons. The van der Waals surface area contributed by atoms with Gasteiger partial charge in [-0.3, -0.25) is 9.89 Å². The van der Waals surface area contributed by atoms with Crippen LogP contribution in [0.5, 0.6) is 0 Å². The molecule has 0 saturated carbocycles. The highest BCUT2D eigenvalue weighted by Gasteiger charge is 2.25. The second-order valence-electron chi connectivity index (χ2n) is 6.49. The third kappa shape index (κ3) is 4.04. The molecule has 1 atom stereocenters. The number of carbonyl (C=O) groups excluding carboxylic acids is 1. The van der Waals surface area contributed by atoms with E-state index in [2.05, 4.69) is 16.3 Å². The van der Waals surface area contributed by atoms with E-state index in [-0.39, 0.29) is 5.91 Å². The van der Waals surface area contributed by atoms with Crippen molar-refractivity contribution < 1.29 is 4.79 Å². The lowest BCUT2D eigenvalue weighted by atomic mass is 10.1. The van der Waals surface area contributed by atoms with Gasteiger partial charge in [0, 0.05) is 34.7 Å². The molecule has 1 unspecified atom stereocenters. The van der Waals surface area contributed by atoms with Crippen LogP contribution in [-0.2, 0) is 0 Å². The summed E-state index contributed by atoms with van der Waals surface area (Å²) in [5, 5.41) is 8.33. The molecular weight excluding hydrogens is 378 g/mol. The molecule has 1 fully saturated rings. The van der Waals surface area contributed by atoms with Gasteiger partial charge in [-0.25, -0.2) is 0 Å². The quantitative estimate of drug-likeness (QED) is 0.672. The molecule has 4 rings (SSSR count). The van der Waals surface area contributed by atoms with Gasteiger partial charge in [-0.2, -0.15) is 16.9 Å². The minimum Gasteiger partial charge on any atom is -0.336 e. The summed E-state index contributed by atoms with van der Waals surface area (Å²) in [4.78, 5) is 14.8.